The fraction of sp³-hybridized carbons (Fsp3) is 0.312. The van der Waals surface area contributed by atoms with Crippen molar-refractivity contribution in [2.24, 2.45) is 0 Å². The Morgan fingerprint density at radius 1 is 1.36 bits per heavy atom. The third-order valence-corrected chi connectivity index (χ3v) is 4.56. The van der Waals surface area contributed by atoms with Crippen LogP contribution < -0.4 is 4.90 Å². The average Bonchev–Trinajstić information content (AvgIpc) is 3.04. The molecule has 114 valence electrons. The Labute approximate surface area is 132 Å². The molecule has 1 aromatic carbocycles. The number of para-hydroxylation sites is 1. The molecular weight excluding hydrogens is 300 g/mol. The normalized spacial score (nSPS) is 17.1. The number of rotatable bonds is 4. The van der Waals surface area contributed by atoms with Gasteiger partial charge in [0.2, 0.25) is 5.91 Å². The number of amides is 1. The number of aliphatic carboxylic acids is 1. The first kappa shape index (κ1) is 14.7. The maximum absolute atomic E-state index is 12.5. The number of hydrogen-bond donors (Lipinski definition) is 1. The zero-order valence-corrected chi connectivity index (χ0v) is 12.8. The number of carbonyl (C=O) groups is 2. The van der Waals surface area contributed by atoms with Crippen LogP contribution in [0.5, 0.6) is 0 Å². The van der Waals surface area contributed by atoms with Crippen molar-refractivity contribution in [1.82, 2.24) is 4.98 Å². The highest BCUT2D eigenvalue weighted by molar-refractivity contribution is 7.07. The predicted octanol–water partition coefficient (Wildman–Crippen LogP) is 2.68. The van der Waals surface area contributed by atoms with Crippen molar-refractivity contribution >= 4 is 28.9 Å². The summed E-state index contributed by atoms with van der Waals surface area (Å²) in [6, 6.07) is 7.28. The van der Waals surface area contributed by atoms with E-state index in [-0.39, 0.29) is 5.91 Å². The number of aromatic nitrogens is 1. The van der Waals surface area contributed by atoms with Crippen molar-refractivity contribution in [1.29, 1.82) is 0 Å². The molecule has 0 saturated heterocycles. The average molecular weight is 316 g/mol. The first-order chi connectivity index (χ1) is 10.7. The molecule has 0 radical (unpaired) electrons. The van der Waals surface area contributed by atoms with Crippen LogP contribution in [0.3, 0.4) is 0 Å². The highest BCUT2D eigenvalue weighted by Gasteiger charge is 2.31. The van der Waals surface area contributed by atoms with E-state index >= 15 is 0 Å². The minimum Gasteiger partial charge on any atom is -0.481 e. The molecule has 1 amide bonds. The highest BCUT2D eigenvalue weighted by atomic mass is 32.1. The first-order valence-electron chi connectivity index (χ1n) is 7.16. The molecule has 3 rings (SSSR count). The Hall–Kier alpha value is -2.21. The van der Waals surface area contributed by atoms with Crippen molar-refractivity contribution in [2.75, 3.05) is 11.4 Å². The molecule has 0 saturated carbocycles. The van der Waals surface area contributed by atoms with Crippen LogP contribution >= 0.6 is 11.3 Å². The number of nitrogens with zero attached hydrogens (tertiary/aromatic N) is 2. The van der Waals surface area contributed by atoms with Gasteiger partial charge in [-0.25, -0.2) is 4.98 Å². The van der Waals surface area contributed by atoms with Crippen LogP contribution in [0.2, 0.25) is 0 Å². The first-order valence-corrected chi connectivity index (χ1v) is 8.10. The summed E-state index contributed by atoms with van der Waals surface area (Å²) in [7, 11) is 0. The van der Waals surface area contributed by atoms with Gasteiger partial charge in [0, 0.05) is 24.0 Å². The molecule has 2 heterocycles. The van der Waals surface area contributed by atoms with Gasteiger partial charge in [0.25, 0.3) is 0 Å². The summed E-state index contributed by atoms with van der Waals surface area (Å²) in [5, 5.41) is 11.3. The molecule has 22 heavy (non-hydrogen) atoms. The number of anilines is 1. The van der Waals surface area contributed by atoms with Gasteiger partial charge in [0.15, 0.2) is 0 Å². The van der Waals surface area contributed by atoms with Crippen molar-refractivity contribution in [3.63, 3.8) is 0 Å². The zero-order valence-electron chi connectivity index (χ0n) is 11.9. The number of fused-ring (bicyclic) bond motifs is 1. The van der Waals surface area contributed by atoms with Crippen molar-refractivity contribution in [3.8, 4) is 0 Å². The summed E-state index contributed by atoms with van der Waals surface area (Å²) in [6.45, 7) is 0.448. The smallest absolute Gasteiger partial charge is 0.311 e. The topological polar surface area (TPSA) is 70.5 Å². The summed E-state index contributed by atoms with van der Waals surface area (Å²) >= 11 is 1.52. The number of aryl methyl sites for hydroxylation is 1. The van der Waals surface area contributed by atoms with Crippen LogP contribution in [-0.2, 0) is 16.0 Å². The maximum atomic E-state index is 12.5. The van der Waals surface area contributed by atoms with Crippen LogP contribution in [0.25, 0.3) is 0 Å². The second-order valence-electron chi connectivity index (χ2n) is 5.26. The van der Waals surface area contributed by atoms with Crippen molar-refractivity contribution in [3.05, 3.63) is 46.4 Å². The van der Waals surface area contributed by atoms with Gasteiger partial charge in [-0.1, -0.05) is 18.2 Å². The Morgan fingerprint density at radius 2 is 2.18 bits per heavy atom. The van der Waals surface area contributed by atoms with Crippen LogP contribution in [-0.4, -0.2) is 28.5 Å². The van der Waals surface area contributed by atoms with E-state index in [9.17, 15) is 14.7 Å². The van der Waals surface area contributed by atoms with E-state index in [1.807, 2.05) is 23.6 Å². The minimum absolute atomic E-state index is 0.0179. The summed E-state index contributed by atoms with van der Waals surface area (Å²) in [5.41, 5.74) is 4.13. The van der Waals surface area contributed by atoms with Crippen LogP contribution in [0.4, 0.5) is 5.69 Å². The summed E-state index contributed by atoms with van der Waals surface area (Å²) in [6.07, 6.45) is 1.45. The lowest BCUT2D eigenvalue weighted by atomic mass is 9.90. The fourth-order valence-electron chi connectivity index (χ4n) is 2.81. The molecule has 1 N–H and O–H groups in total. The summed E-state index contributed by atoms with van der Waals surface area (Å²) in [5.74, 6) is -1.34. The lowest BCUT2D eigenvalue weighted by Crippen LogP contribution is -2.38. The molecule has 0 fully saturated rings. The van der Waals surface area contributed by atoms with Gasteiger partial charge < -0.3 is 10.0 Å². The van der Waals surface area contributed by atoms with E-state index in [1.54, 1.807) is 16.5 Å². The van der Waals surface area contributed by atoms with Gasteiger partial charge in [0.1, 0.15) is 0 Å². The second-order valence-corrected chi connectivity index (χ2v) is 5.98. The van der Waals surface area contributed by atoms with Crippen LogP contribution in [0, 0.1) is 0 Å². The van der Waals surface area contributed by atoms with Crippen molar-refractivity contribution < 1.29 is 14.7 Å². The maximum Gasteiger partial charge on any atom is 0.311 e. The van der Waals surface area contributed by atoms with E-state index in [0.717, 1.165) is 16.9 Å². The molecule has 1 aliphatic heterocycles. The monoisotopic (exact) mass is 316 g/mol. The molecule has 5 nitrogen and oxygen atoms in total. The third-order valence-electron chi connectivity index (χ3n) is 3.92. The van der Waals surface area contributed by atoms with E-state index in [4.69, 9.17) is 0 Å². The molecule has 6 heteroatoms. The minimum atomic E-state index is -0.831. The van der Waals surface area contributed by atoms with Gasteiger partial charge in [-0.15, -0.1) is 11.3 Å². The number of hydrogen-bond acceptors (Lipinski definition) is 4. The van der Waals surface area contributed by atoms with Gasteiger partial charge in [-0.2, -0.15) is 0 Å². The molecule has 1 unspecified atom stereocenters. The van der Waals surface area contributed by atoms with E-state index in [2.05, 4.69) is 4.98 Å². The molecule has 1 aromatic heterocycles. The summed E-state index contributed by atoms with van der Waals surface area (Å²) < 4.78 is 0. The van der Waals surface area contributed by atoms with Gasteiger partial charge in [-0.3, -0.25) is 9.59 Å². The summed E-state index contributed by atoms with van der Waals surface area (Å²) in [4.78, 5) is 29.7. The molecule has 0 bridgehead atoms. The Kier molecular flexibility index (Phi) is 4.20. The van der Waals surface area contributed by atoms with E-state index in [1.165, 1.54) is 11.3 Å². The molecule has 0 spiro atoms. The molecule has 0 aliphatic carbocycles. The number of benzene rings is 1. The third kappa shape index (κ3) is 2.87. The number of carboxylic acids is 1. The number of carboxylic acid groups (broad SMARTS) is 1. The molecule has 1 aliphatic rings. The highest BCUT2D eigenvalue weighted by Crippen LogP contribution is 2.35. The van der Waals surface area contributed by atoms with Crippen LogP contribution in [0.1, 0.15) is 30.0 Å². The van der Waals surface area contributed by atoms with Crippen molar-refractivity contribution in [2.45, 2.75) is 25.2 Å². The van der Waals surface area contributed by atoms with Crippen LogP contribution in [0.15, 0.2) is 35.2 Å². The van der Waals surface area contributed by atoms with E-state index in [0.29, 0.717) is 25.8 Å². The SMILES string of the molecule is O=C(O)C1CCN(C(=O)CCc2cscn2)c2ccccc21. The Balaban J connectivity index is 1.78. The van der Waals surface area contributed by atoms with Gasteiger partial charge in [0.05, 0.1) is 17.1 Å². The molecule has 2 aromatic rings. The largest absolute Gasteiger partial charge is 0.481 e. The van der Waals surface area contributed by atoms with Gasteiger partial charge in [-0.05, 0) is 24.5 Å². The lowest BCUT2D eigenvalue weighted by Gasteiger charge is -2.32. The van der Waals surface area contributed by atoms with E-state index < -0.39 is 11.9 Å². The standard InChI is InChI=1S/C16H16N2O3S/c19-15(6-5-11-9-22-10-17-11)18-8-7-13(16(20)21)12-3-1-2-4-14(12)18/h1-4,9-10,13H,5-8H2,(H,20,21). The fourth-order valence-corrected chi connectivity index (χ4v) is 3.40. The Bertz CT molecular complexity index is 684. The lowest BCUT2D eigenvalue weighted by molar-refractivity contribution is -0.139. The zero-order chi connectivity index (χ0) is 15.5. The predicted molar refractivity (Wildman–Crippen MR) is 84.2 cm³/mol. The Morgan fingerprint density at radius 3 is 2.91 bits per heavy atom. The number of thiazole rings is 1. The second kappa shape index (κ2) is 6.27. The quantitative estimate of drug-likeness (QED) is 0.941. The molecule has 1 atom stereocenters. The molecular formula is C16H16N2O3S. The number of carbonyl (C=O) groups excluding carboxylic acids is 1. The van der Waals surface area contributed by atoms with Gasteiger partial charge >= 0.3 is 5.97 Å².